The van der Waals surface area contributed by atoms with Gasteiger partial charge >= 0.3 is 7.12 Å². The van der Waals surface area contributed by atoms with Crippen LogP contribution in [0.25, 0.3) is 55.6 Å². The largest absolute Gasteiger partial charge is 0.494 e. The first-order valence-corrected chi connectivity index (χ1v) is 32.3. The van der Waals surface area contributed by atoms with E-state index in [1.165, 1.54) is 59.2 Å². The Bertz CT molecular complexity index is 2730. The SMILES string of the molecule is Brc1cccc(-c2cccc(-c3cccc(-c4ccccc4)c3)c2)c1.Brc1cccc(I)c1.CC1(C)OB(c2cccc(-c3cccc(-c4ccccc4)c3)c2)OC1(C)C.PP(P)PBr. The molecule has 0 bridgehead atoms. The average molecular weight is 1230 g/mol. The van der Waals surface area contributed by atoms with Gasteiger partial charge in [0.2, 0.25) is 0 Å². The van der Waals surface area contributed by atoms with Gasteiger partial charge in [0, 0.05) is 12.5 Å². The lowest BCUT2D eigenvalue weighted by atomic mass is 9.78. The molecule has 0 spiro atoms. The van der Waals surface area contributed by atoms with Gasteiger partial charge in [-0.25, -0.2) is 0 Å². The van der Waals surface area contributed by atoms with Crippen LogP contribution in [0.1, 0.15) is 27.7 Å². The van der Waals surface area contributed by atoms with Crippen LogP contribution in [0.5, 0.6) is 0 Å². The van der Waals surface area contributed by atoms with Gasteiger partial charge in [-0.1, -0.05) is 205 Å². The maximum Gasteiger partial charge on any atom is 0.494 e. The summed E-state index contributed by atoms with van der Waals surface area (Å²) in [4.78, 5) is 0. The minimum absolute atomic E-state index is 0.180. The van der Waals surface area contributed by atoms with Crippen molar-refractivity contribution >= 4 is 114 Å². The zero-order chi connectivity index (χ0) is 46.4. The van der Waals surface area contributed by atoms with Crippen molar-refractivity contribution in [1.82, 2.24) is 0 Å². The fourth-order valence-corrected chi connectivity index (χ4v) is 8.64. The van der Waals surface area contributed by atoms with Gasteiger partial charge in [-0.2, -0.15) is 0 Å². The molecule has 0 N–H and O–H groups in total. The number of halogens is 4. The topological polar surface area (TPSA) is 18.5 Å². The normalized spacial score (nSPS) is 13.6. The van der Waals surface area contributed by atoms with Gasteiger partial charge in [0.05, 0.1) is 11.2 Å². The van der Waals surface area contributed by atoms with Crippen LogP contribution in [0, 0.1) is 3.57 Å². The number of hydrogen-bond acceptors (Lipinski definition) is 2. The third-order valence-electron chi connectivity index (χ3n) is 10.9. The number of hydrogen-bond donors (Lipinski definition) is 0. The Morgan fingerprint density at radius 3 is 1.09 bits per heavy atom. The summed E-state index contributed by atoms with van der Waals surface area (Å²) in [5.74, 6) is 0. The van der Waals surface area contributed by atoms with Crippen molar-refractivity contribution in [2.45, 2.75) is 38.9 Å². The molecule has 0 aromatic heterocycles. The second-order valence-electron chi connectivity index (χ2n) is 16.1. The highest BCUT2D eigenvalue weighted by atomic mass is 127. The quantitative estimate of drug-likeness (QED) is 0.0899. The molecule has 1 fully saturated rings. The van der Waals surface area contributed by atoms with Crippen molar-refractivity contribution < 1.29 is 9.31 Å². The molecule has 3 atom stereocenters. The van der Waals surface area contributed by atoms with E-state index in [2.05, 4.69) is 304 Å². The Morgan fingerprint density at radius 1 is 0.431 bits per heavy atom. The Kier molecular flexibility index (Phi) is 20.2. The summed E-state index contributed by atoms with van der Waals surface area (Å²) >= 11 is 12.5. The molecule has 1 heterocycles. The minimum atomic E-state index is -0.341. The summed E-state index contributed by atoms with van der Waals surface area (Å²) in [6.45, 7) is 9.43. The summed E-state index contributed by atoms with van der Waals surface area (Å²) in [5, 5.41) is 0. The molecule has 8 aromatic rings. The summed E-state index contributed by atoms with van der Waals surface area (Å²) < 4.78 is 15.9. The fraction of sp³-hybridized carbons (Fsp3) is 0.111. The molecule has 2 nitrogen and oxygen atoms in total. The van der Waals surface area contributed by atoms with E-state index in [9.17, 15) is 0 Å². The minimum Gasteiger partial charge on any atom is -0.399 e. The van der Waals surface area contributed by atoms with E-state index >= 15 is 0 Å². The van der Waals surface area contributed by atoms with Gasteiger partial charge in [0.1, 0.15) is 0 Å². The second-order valence-corrected chi connectivity index (χ2v) is 33.7. The van der Waals surface area contributed by atoms with Crippen LogP contribution in [-0.4, -0.2) is 18.3 Å². The molecule has 9 rings (SSSR count). The smallest absolute Gasteiger partial charge is 0.399 e. The van der Waals surface area contributed by atoms with Crippen LogP contribution < -0.4 is 5.46 Å². The fourth-order valence-electron chi connectivity index (χ4n) is 6.87. The van der Waals surface area contributed by atoms with Gasteiger partial charge in [-0.05, 0) is 174 Å². The Hall–Kier alpha value is -2.37. The van der Waals surface area contributed by atoms with Crippen LogP contribution in [0.3, 0.4) is 0 Å². The van der Waals surface area contributed by atoms with Gasteiger partial charge in [-0.15, -0.1) is 17.9 Å². The molecule has 0 amide bonds. The van der Waals surface area contributed by atoms with Gasteiger partial charge < -0.3 is 9.31 Å². The molecular weight excluding hydrogens is 1180 g/mol. The van der Waals surface area contributed by atoms with Crippen molar-refractivity contribution in [1.29, 1.82) is 0 Å². The highest BCUT2D eigenvalue weighted by Crippen LogP contribution is 2.71. The summed E-state index contributed by atoms with van der Waals surface area (Å²) in [5.41, 5.74) is 12.6. The summed E-state index contributed by atoms with van der Waals surface area (Å²) in [6, 6.07) is 72.1. The predicted octanol–water partition coefficient (Wildman–Crippen LogP) is 18.8. The van der Waals surface area contributed by atoms with Gasteiger partial charge in [0.15, 0.2) is 0 Å². The van der Waals surface area contributed by atoms with Gasteiger partial charge in [-0.3, -0.25) is 0 Å². The number of rotatable bonds is 7. The van der Waals surface area contributed by atoms with Crippen LogP contribution in [0.4, 0.5) is 0 Å². The van der Waals surface area contributed by atoms with E-state index in [-0.39, 0.29) is 25.3 Å². The molecule has 1 saturated heterocycles. The van der Waals surface area contributed by atoms with Crippen LogP contribution in [0.2, 0.25) is 0 Å². The molecule has 330 valence electrons. The summed E-state index contributed by atoms with van der Waals surface area (Å²) in [7, 11) is 5.11. The van der Waals surface area contributed by atoms with Gasteiger partial charge in [0.25, 0.3) is 0 Å². The van der Waals surface area contributed by atoms with E-state index in [0.29, 0.717) is 0 Å². The first-order chi connectivity index (χ1) is 31.2. The molecule has 8 aromatic carbocycles. The molecule has 0 saturated carbocycles. The third-order valence-corrected chi connectivity index (χ3v) is 26.2. The van der Waals surface area contributed by atoms with Crippen molar-refractivity contribution in [3.05, 3.63) is 219 Å². The van der Waals surface area contributed by atoms with E-state index in [0.717, 1.165) is 21.4 Å². The van der Waals surface area contributed by atoms with E-state index < -0.39 is 0 Å². The highest BCUT2D eigenvalue weighted by Gasteiger charge is 2.51. The molecule has 1 aliphatic heterocycles. The van der Waals surface area contributed by atoms with Crippen LogP contribution >= 0.6 is 102 Å². The molecule has 1 aliphatic rings. The average Bonchev–Trinajstić information content (AvgIpc) is 3.55. The standard InChI is InChI=1S/C24H25BO2.C24H17Br.C6H4BrI.BrH5P4/c1-23(2)24(3,4)27-25(26-23)22-15-9-14-21(17-22)20-13-8-12-19(16-20)18-10-6-5-7-11-18;25-24-14-6-13-23(17-24)22-12-5-11-21(16-22)20-10-4-9-19(15-20)18-7-2-1-3-8-18;7-5-2-1-3-6(8)4-5;1-4-5(2)3/h5-17H,1-4H3;1-17H;1-4H;4H,2-3H2. The lowest BCUT2D eigenvalue weighted by Gasteiger charge is -2.32. The zero-order valence-electron chi connectivity index (χ0n) is 36.6. The van der Waals surface area contributed by atoms with Crippen molar-refractivity contribution in [2.24, 2.45) is 0 Å². The summed E-state index contributed by atoms with van der Waals surface area (Å²) in [6.07, 6.45) is 0. The zero-order valence-corrected chi connectivity index (χ0v) is 47.8. The van der Waals surface area contributed by atoms with E-state index in [4.69, 9.17) is 9.31 Å². The van der Waals surface area contributed by atoms with Crippen molar-refractivity contribution in [3.63, 3.8) is 0 Å². The first kappa shape index (κ1) is 52.0. The predicted molar refractivity (Wildman–Crippen MR) is 314 cm³/mol. The highest BCUT2D eigenvalue weighted by molar-refractivity contribution is 14.1. The Labute approximate surface area is 432 Å². The van der Waals surface area contributed by atoms with Crippen molar-refractivity contribution in [2.75, 3.05) is 0 Å². The second kappa shape index (κ2) is 25.3. The third kappa shape index (κ3) is 15.6. The van der Waals surface area contributed by atoms with Crippen LogP contribution in [-0.2, 0) is 9.31 Å². The Morgan fingerprint density at radius 2 is 0.738 bits per heavy atom. The lowest BCUT2D eigenvalue weighted by Crippen LogP contribution is -2.41. The molecular formula is C54H51BBr3IO2P4. The lowest BCUT2D eigenvalue weighted by molar-refractivity contribution is 0.00578. The molecule has 0 aliphatic carbocycles. The Balaban J connectivity index is 0.000000170. The monoisotopic (exact) mass is 1230 g/mol. The maximum absolute atomic E-state index is 6.21. The van der Waals surface area contributed by atoms with E-state index in [1.807, 2.05) is 18.2 Å². The number of benzene rings is 8. The maximum atomic E-state index is 6.21. The molecule has 65 heavy (non-hydrogen) atoms. The van der Waals surface area contributed by atoms with Crippen LogP contribution in [0.15, 0.2) is 215 Å². The first-order valence-electron chi connectivity index (χ1n) is 20.9. The van der Waals surface area contributed by atoms with Crippen molar-refractivity contribution in [3.8, 4) is 55.6 Å². The molecule has 11 heteroatoms. The molecule has 0 radical (unpaired) electrons. The van der Waals surface area contributed by atoms with E-state index in [1.54, 1.807) is 0 Å². The molecule has 3 unspecified atom stereocenters.